The van der Waals surface area contributed by atoms with Crippen LogP contribution in [0.3, 0.4) is 0 Å². The van der Waals surface area contributed by atoms with Gasteiger partial charge in [-0.2, -0.15) is 0 Å². The molecule has 122 valence electrons. The highest BCUT2D eigenvalue weighted by atomic mass is 35.5. The molecule has 1 unspecified atom stereocenters. The topological polar surface area (TPSA) is 70.7 Å². The van der Waals surface area contributed by atoms with E-state index in [2.05, 4.69) is 10.6 Å². The van der Waals surface area contributed by atoms with E-state index in [0.29, 0.717) is 12.3 Å². The lowest BCUT2D eigenvalue weighted by atomic mass is 10.2. The van der Waals surface area contributed by atoms with Gasteiger partial charge in [0.2, 0.25) is 5.91 Å². The van der Waals surface area contributed by atoms with Crippen molar-refractivity contribution in [3.8, 4) is 5.75 Å². The first-order valence-electron chi connectivity index (χ1n) is 7.11. The van der Waals surface area contributed by atoms with Crippen LogP contribution >= 0.6 is 12.4 Å². The molecular weight excluding hydrogens is 306 g/mol. The summed E-state index contributed by atoms with van der Waals surface area (Å²) in [6.07, 6.45) is 0. The molecule has 0 aliphatic carbocycles. The Morgan fingerprint density at radius 3 is 2.77 bits per heavy atom. The number of piperazine rings is 1. The van der Waals surface area contributed by atoms with Crippen LogP contribution in [0.5, 0.6) is 5.75 Å². The number of nitrogens with zero attached hydrogens (tertiary/aromatic N) is 1. The van der Waals surface area contributed by atoms with Crippen LogP contribution in [0.15, 0.2) is 30.3 Å². The van der Waals surface area contributed by atoms with E-state index in [0.717, 1.165) is 13.1 Å². The predicted octanol–water partition coefficient (Wildman–Crippen LogP) is 0.424. The fourth-order valence-corrected chi connectivity index (χ4v) is 2.20. The van der Waals surface area contributed by atoms with Crippen LogP contribution in [0.1, 0.15) is 6.92 Å². The van der Waals surface area contributed by atoms with E-state index in [1.807, 2.05) is 25.1 Å². The minimum atomic E-state index is -0.296. The van der Waals surface area contributed by atoms with Crippen molar-refractivity contribution in [2.24, 2.45) is 0 Å². The lowest BCUT2D eigenvalue weighted by Crippen LogP contribution is -2.54. The normalized spacial score (nSPS) is 17.3. The summed E-state index contributed by atoms with van der Waals surface area (Å²) in [5, 5.41) is 5.82. The minimum absolute atomic E-state index is 0. The second kappa shape index (κ2) is 9.27. The van der Waals surface area contributed by atoms with Gasteiger partial charge in [-0.15, -0.1) is 12.4 Å². The monoisotopic (exact) mass is 327 g/mol. The lowest BCUT2D eigenvalue weighted by molar-refractivity contribution is -0.135. The number of carbonyl (C=O) groups is 2. The third kappa shape index (κ3) is 5.54. The maximum atomic E-state index is 12.0. The van der Waals surface area contributed by atoms with Gasteiger partial charge in [-0.1, -0.05) is 18.2 Å². The molecule has 2 rings (SSSR count). The molecule has 1 aromatic rings. The van der Waals surface area contributed by atoms with Crippen molar-refractivity contribution in [2.45, 2.75) is 13.0 Å². The molecule has 6 nitrogen and oxygen atoms in total. The number of ether oxygens (including phenoxy) is 1. The lowest BCUT2D eigenvalue weighted by Gasteiger charge is -2.34. The molecule has 1 fully saturated rings. The molecule has 1 aliphatic heterocycles. The number of rotatable bonds is 5. The van der Waals surface area contributed by atoms with E-state index in [1.54, 1.807) is 17.0 Å². The molecule has 1 heterocycles. The number of nitrogens with one attached hydrogen (secondary N) is 2. The fraction of sp³-hybridized carbons (Fsp3) is 0.467. The zero-order valence-corrected chi connectivity index (χ0v) is 13.4. The molecule has 2 N–H and O–H groups in total. The van der Waals surface area contributed by atoms with Gasteiger partial charge in [0, 0.05) is 25.7 Å². The number of benzene rings is 1. The second-order valence-electron chi connectivity index (χ2n) is 5.02. The van der Waals surface area contributed by atoms with Gasteiger partial charge in [-0.25, -0.2) is 0 Å². The van der Waals surface area contributed by atoms with Gasteiger partial charge in [0.15, 0.2) is 6.61 Å². The maximum absolute atomic E-state index is 12.0. The number of amides is 2. The molecule has 22 heavy (non-hydrogen) atoms. The van der Waals surface area contributed by atoms with Crippen molar-refractivity contribution in [2.75, 3.05) is 32.8 Å². The first-order chi connectivity index (χ1) is 10.2. The Labute approximate surface area is 136 Å². The van der Waals surface area contributed by atoms with E-state index < -0.39 is 0 Å². The van der Waals surface area contributed by atoms with Crippen molar-refractivity contribution >= 4 is 24.2 Å². The van der Waals surface area contributed by atoms with E-state index in [-0.39, 0.29) is 43.4 Å². The molecule has 1 aliphatic rings. The quantitative estimate of drug-likeness (QED) is 0.822. The molecule has 7 heteroatoms. The highest BCUT2D eigenvalue weighted by molar-refractivity contribution is 5.86. The number of hydrogen-bond acceptors (Lipinski definition) is 4. The Balaban J connectivity index is 0.00000242. The Hall–Kier alpha value is -1.79. The highest BCUT2D eigenvalue weighted by Gasteiger charge is 2.22. The average Bonchev–Trinajstić information content (AvgIpc) is 2.52. The van der Waals surface area contributed by atoms with Gasteiger partial charge in [0.05, 0.1) is 6.54 Å². The molecule has 1 atom stereocenters. The largest absolute Gasteiger partial charge is 0.484 e. The van der Waals surface area contributed by atoms with Crippen LogP contribution in [0.2, 0.25) is 0 Å². The SMILES string of the molecule is CC1CNCCN1C(=O)CNC(=O)COc1ccccc1.Cl. The molecule has 1 saturated heterocycles. The summed E-state index contributed by atoms with van der Waals surface area (Å²) in [5.74, 6) is 0.279. The number of para-hydroxylation sites is 1. The standard InChI is InChI=1S/C15H21N3O3.ClH/c1-12-9-16-7-8-18(12)15(20)10-17-14(19)11-21-13-5-3-2-4-6-13;/h2-6,12,16H,7-11H2,1H3,(H,17,19);1H. The zero-order chi connectivity index (χ0) is 15.1. The first kappa shape index (κ1) is 18.3. The zero-order valence-electron chi connectivity index (χ0n) is 12.6. The van der Waals surface area contributed by atoms with Gasteiger partial charge in [0.1, 0.15) is 5.75 Å². The van der Waals surface area contributed by atoms with Crippen LogP contribution in [-0.4, -0.2) is 55.5 Å². The molecular formula is C15H22ClN3O3. The second-order valence-corrected chi connectivity index (χ2v) is 5.02. The average molecular weight is 328 g/mol. The smallest absolute Gasteiger partial charge is 0.258 e. The van der Waals surface area contributed by atoms with E-state index in [1.165, 1.54) is 0 Å². The van der Waals surface area contributed by atoms with E-state index in [4.69, 9.17) is 4.74 Å². The summed E-state index contributed by atoms with van der Waals surface area (Å²) in [5.41, 5.74) is 0. The summed E-state index contributed by atoms with van der Waals surface area (Å²) in [4.78, 5) is 25.5. The first-order valence-corrected chi connectivity index (χ1v) is 7.11. The van der Waals surface area contributed by atoms with Crippen molar-refractivity contribution in [1.29, 1.82) is 0 Å². The molecule has 1 aromatic carbocycles. The maximum Gasteiger partial charge on any atom is 0.258 e. The van der Waals surface area contributed by atoms with E-state index >= 15 is 0 Å². The molecule has 2 amide bonds. The summed E-state index contributed by atoms with van der Waals surface area (Å²) < 4.78 is 5.32. The Morgan fingerprint density at radius 1 is 1.36 bits per heavy atom. The summed E-state index contributed by atoms with van der Waals surface area (Å²) in [6.45, 7) is 4.18. The Kier molecular flexibility index (Phi) is 7.70. The van der Waals surface area contributed by atoms with Crippen LogP contribution < -0.4 is 15.4 Å². The van der Waals surface area contributed by atoms with Gasteiger partial charge in [-0.3, -0.25) is 9.59 Å². The van der Waals surface area contributed by atoms with Crippen LogP contribution in [0.4, 0.5) is 0 Å². The van der Waals surface area contributed by atoms with Crippen molar-refractivity contribution in [3.05, 3.63) is 30.3 Å². The van der Waals surface area contributed by atoms with Crippen LogP contribution in [0, 0.1) is 0 Å². The van der Waals surface area contributed by atoms with Crippen LogP contribution in [0.25, 0.3) is 0 Å². The molecule has 0 aromatic heterocycles. The van der Waals surface area contributed by atoms with Gasteiger partial charge in [0.25, 0.3) is 5.91 Å². The van der Waals surface area contributed by atoms with Gasteiger partial charge in [-0.05, 0) is 19.1 Å². The Morgan fingerprint density at radius 2 is 2.09 bits per heavy atom. The van der Waals surface area contributed by atoms with Crippen LogP contribution in [-0.2, 0) is 9.59 Å². The highest BCUT2D eigenvalue weighted by Crippen LogP contribution is 2.07. The number of halogens is 1. The van der Waals surface area contributed by atoms with Crippen molar-refractivity contribution in [3.63, 3.8) is 0 Å². The molecule has 0 bridgehead atoms. The molecule has 0 saturated carbocycles. The summed E-state index contributed by atoms with van der Waals surface area (Å²) in [7, 11) is 0. The van der Waals surface area contributed by atoms with Crippen molar-refractivity contribution < 1.29 is 14.3 Å². The molecule has 0 spiro atoms. The van der Waals surface area contributed by atoms with Crippen molar-refractivity contribution in [1.82, 2.24) is 15.5 Å². The van der Waals surface area contributed by atoms with Gasteiger partial charge >= 0.3 is 0 Å². The third-order valence-corrected chi connectivity index (χ3v) is 3.37. The predicted molar refractivity (Wildman–Crippen MR) is 86.2 cm³/mol. The fourth-order valence-electron chi connectivity index (χ4n) is 2.20. The summed E-state index contributed by atoms with van der Waals surface area (Å²) >= 11 is 0. The third-order valence-electron chi connectivity index (χ3n) is 3.37. The minimum Gasteiger partial charge on any atom is -0.484 e. The summed E-state index contributed by atoms with van der Waals surface area (Å²) in [6, 6.07) is 9.26. The number of carbonyl (C=O) groups excluding carboxylic acids is 2. The number of hydrogen-bond donors (Lipinski definition) is 2. The Bertz CT molecular complexity index is 484. The van der Waals surface area contributed by atoms with E-state index in [9.17, 15) is 9.59 Å². The molecule has 0 radical (unpaired) electrons. The van der Waals surface area contributed by atoms with Gasteiger partial charge < -0.3 is 20.3 Å².